The maximum Gasteiger partial charge on any atom is 0.230 e. The molecule has 6 nitrogen and oxygen atoms in total. The summed E-state index contributed by atoms with van der Waals surface area (Å²) in [6.45, 7) is 1.72. The van der Waals surface area contributed by atoms with Gasteiger partial charge in [0.25, 0.3) is 0 Å². The number of carbonyl (C=O) groups excluding carboxylic acids is 2. The van der Waals surface area contributed by atoms with Crippen molar-refractivity contribution in [3.8, 4) is 0 Å². The molecule has 7 heteroatoms. The maximum atomic E-state index is 12.5. The van der Waals surface area contributed by atoms with E-state index < -0.39 is 15.3 Å². The largest absolute Gasteiger partial charge is 0.345 e. The van der Waals surface area contributed by atoms with Crippen molar-refractivity contribution in [2.45, 2.75) is 30.6 Å². The number of piperidine rings is 1. The Morgan fingerprint density at radius 3 is 2.60 bits per heavy atom. The minimum absolute atomic E-state index is 0.0443. The van der Waals surface area contributed by atoms with Crippen molar-refractivity contribution in [2.24, 2.45) is 5.41 Å². The van der Waals surface area contributed by atoms with E-state index in [0.717, 1.165) is 19.4 Å². The highest BCUT2D eigenvalue weighted by Gasteiger charge is 2.48. The quantitative estimate of drug-likeness (QED) is 0.808. The van der Waals surface area contributed by atoms with Crippen LogP contribution in [0.25, 0.3) is 0 Å². The van der Waals surface area contributed by atoms with Gasteiger partial charge in [-0.25, -0.2) is 8.42 Å². The molecule has 2 aliphatic heterocycles. The van der Waals surface area contributed by atoms with E-state index in [1.165, 1.54) is 0 Å². The first-order valence-electron chi connectivity index (χ1n) is 8.65. The van der Waals surface area contributed by atoms with E-state index in [0.29, 0.717) is 19.5 Å². The molecule has 136 valence electrons. The molecule has 0 aliphatic carbocycles. The van der Waals surface area contributed by atoms with Gasteiger partial charge in [-0.3, -0.25) is 9.59 Å². The first kappa shape index (κ1) is 17.9. The summed E-state index contributed by atoms with van der Waals surface area (Å²) in [6.07, 6.45) is 2.39. The molecule has 0 radical (unpaired) electrons. The lowest BCUT2D eigenvalue weighted by Gasteiger charge is -2.37. The number of hydrogen-bond donors (Lipinski definition) is 0. The Labute approximate surface area is 148 Å². The molecular formula is C18H24N2O4S. The van der Waals surface area contributed by atoms with Gasteiger partial charge in [-0.2, -0.15) is 0 Å². The van der Waals surface area contributed by atoms with Crippen LogP contribution in [0.2, 0.25) is 0 Å². The van der Waals surface area contributed by atoms with Gasteiger partial charge in [-0.05, 0) is 31.4 Å². The van der Waals surface area contributed by atoms with E-state index >= 15 is 0 Å². The number of hydrogen-bond acceptors (Lipinski definition) is 4. The monoisotopic (exact) mass is 364 g/mol. The number of amides is 2. The molecule has 0 saturated carbocycles. The molecule has 2 heterocycles. The van der Waals surface area contributed by atoms with Gasteiger partial charge in [0, 0.05) is 33.1 Å². The average molecular weight is 364 g/mol. The number of likely N-dealkylation sites (tertiary alicyclic amines) is 2. The van der Waals surface area contributed by atoms with Crippen LogP contribution in [0.1, 0.15) is 25.7 Å². The summed E-state index contributed by atoms with van der Waals surface area (Å²) in [4.78, 5) is 28.6. The molecule has 1 unspecified atom stereocenters. The second-order valence-electron chi connectivity index (χ2n) is 7.06. The second-order valence-corrected chi connectivity index (χ2v) is 9.17. The third-order valence-electron chi connectivity index (χ3n) is 5.34. The summed E-state index contributed by atoms with van der Waals surface area (Å²) in [5.41, 5.74) is -0.457. The van der Waals surface area contributed by atoms with Crippen LogP contribution in [0.3, 0.4) is 0 Å². The van der Waals surface area contributed by atoms with Crippen molar-refractivity contribution in [2.75, 3.05) is 32.4 Å². The lowest BCUT2D eigenvalue weighted by Crippen LogP contribution is -2.48. The van der Waals surface area contributed by atoms with Crippen LogP contribution < -0.4 is 0 Å². The first-order chi connectivity index (χ1) is 11.8. The van der Waals surface area contributed by atoms with Crippen molar-refractivity contribution in [3.63, 3.8) is 0 Å². The summed E-state index contributed by atoms with van der Waals surface area (Å²) in [5, 5.41) is 0. The molecule has 0 bridgehead atoms. The summed E-state index contributed by atoms with van der Waals surface area (Å²) in [5.74, 6) is -0.268. The maximum absolute atomic E-state index is 12.5. The number of rotatable bonds is 4. The van der Waals surface area contributed by atoms with Crippen LogP contribution in [0.15, 0.2) is 35.2 Å². The predicted molar refractivity (Wildman–Crippen MR) is 93.6 cm³/mol. The molecule has 2 amide bonds. The third-order valence-corrected chi connectivity index (χ3v) is 7.07. The highest BCUT2D eigenvalue weighted by molar-refractivity contribution is 7.91. The number of nitrogens with zero attached hydrogens (tertiary/aromatic N) is 2. The molecule has 2 fully saturated rings. The molecule has 1 spiro atoms. The normalized spacial score (nSPS) is 24.1. The number of carbonyl (C=O) groups is 2. The predicted octanol–water partition coefficient (Wildman–Crippen LogP) is 1.32. The third kappa shape index (κ3) is 3.56. The van der Waals surface area contributed by atoms with E-state index in [4.69, 9.17) is 0 Å². The molecule has 1 aromatic carbocycles. The Bertz CT molecular complexity index is 763. The molecule has 2 aliphatic rings. The Balaban J connectivity index is 1.61. The zero-order valence-corrected chi connectivity index (χ0v) is 15.3. The highest BCUT2D eigenvalue weighted by atomic mass is 32.2. The van der Waals surface area contributed by atoms with E-state index in [1.807, 2.05) is 0 Å². The van der Waals surface area contributed by atoms with Crippen LogP contribution >= 0.6 is 0 Å². The first-order valence-corrected chi connectivity index (χ1v) is 10.3. The van der Waals surface area contributed by atoms with Crippen LogP contribution in [0, 0.1) is 5.41 Å². The SMILES string of the molecule is CN1CCCC2(CCN(C(=O)CCS(=O)(=O)c3ccccc3)C2)C1=O. The van der Waals surface area contributed by atoms with Crippen LogP contribution in [-0.2, 0) is 19.4 Å². The molecular weight excluding hydrogens is 340 g/mol. The van der Waals surface area contributed by atoms with Gasteiger partial charge in [-0.1, -0.05) is 18.2 Å². The molecule has 3 rings (SSSR count). The molecule has 0 N–H and O–H groups in total. The number of benzene rings is 1. The molecule has 2 saturated heterocycles. The highest BCUT2D eigenvalue weighted by Crippen LogP contribution is 2.39. The van der Waals surface area contributed by atoms with E-state index in [1.54, 1.807) is 47.2 Å². The molecule has 1 aromatic rings. The van der Waals surface area contributed by atoms with Gasteiger partial charge < -0.3 is 9.80 Å². The van der Waals surface area contributed by atoms with E-state index in [9.17, 15) is 18.0 Å². The summed E-state index contributed by atoms with van der Waals surface area (Å²) in [6, 6.07) is 8.18. The molecule has 0 aromatic heterocycles. The van der Waals surface area contributed by atoms with Crippen molar-refractivity contribution in [1.29, 1.82) is 0 Å². The number of sulfone groups is 1. The average Bonchev–Trinajstić information content (AvgIpc) is 3.04. The van der Waals surface area contributed by atoms with Gasteiger partial charge in [0.15, 0.2) is 9.84 Å². The minimum Gasteiger partial charge on any atom is -0.345 e. The van der Waals surface area contributed by atoms with Gasteiger partial charge in [0.1, 0.15) is 0 Å². The summed E-state index contributed by atoms with van der Waals surface area (Å²) < 4.78 is 24.6. The fourth-order valence-corrected chi connectivity index (χ4v) is 5.11. The summed E-state index contributed by atoms with van der Waals surface area (Å²) >= 11 is 0. The Morgan fingerprint density at radius 1 is 1.16 bits per heavy atom. The second kappa shape index (κ2) is 6.78. The smallest absolute Gasteiger partial charge is 0.230 e. The van der Waals surface area contributed by atoms with Gasteiger partial charge in [0.05, 0.1) is 16.1 Å². The molecule has 25 heavy (non-hydrogen) atoms. The zero-order chi connectivity index (χ0) is 18.1. The fraction of sp³-hybridized carbons (Fsp3) is 0.556. The van der Waals surface area contributed by atoms with Crippen LogP contribution in [0.5, 0.6) is 0 Å². The van der Waals surface area contributed by atoms with Crippen molar-refractivity contribution in [1.82, 2.24) is 9.80 Å². The van der Waals surface area contributed by atoms with Gasteiger partial charge >= 0.3 is 0 Å². The topological polar surface area (TPSA) is 74.8 Å². The van der Waals surface area contributed by atoms with Crippen molar-refractivity contribution >= 4 is 21.7 Å². The van der Waals surface area contributed by atoms with Crippen molar-refractivity contribution in [3.05, 3.63) is 30.3 Å². The molecule has 1 atom stereocenters. The summed E-state index contributed by atoms with van der Waals surface area (Å²) in [7, 11) is -1.65. The van der Waals surface area contributed by atoms with E-state index in [2.05, 4.69) is 0 Å². The Kier molecular flexibility index (Phi) is 4.86. The lowest BCUT2D eigenvalue weighted by molar-refractivity contribution is -0.144. The Hall–Kier alpha value is -1.89. The van der Waals surface area contributed by atoms with Crippen LogP contribution in [-0.4, -0.2) is 62.5 Å². The van der Waals surface area contributed by atoms with Crippen molar-refractivity contribution < 1.29 is 18.0 Å². The standard InChI is InChI=1S/C18H24N2O4S/c1-19-11-5-9-18(17(19)22)10-12-20(14-18)16(21)8-13-25(23,24)15-6-3-2-4-7-15/h2-4,6-7H,5,8-14H2,1H3. The van der Waals surface area contributed by atoms with Gasteiger partial charge in [-0.15, -0.1) is 0 Å². The van der Waals surface area contributed by atoms with Gasteiger partial charge in [0.2, 0.25) is 11.8 Å². The van der Waals surface area contributed by atoms with Crippen LogP contribution in [0.4, 0.5) is 0 Å². The fourth-order valence-electron chi connectivity index (χ4n) is 3.86. The zero-order valence-electron chi connectivity index (χ0n) is 14.5. The lowest BCUT2D eigenvalue weighted by atomic mass is 9.78. The Morgan fingerprint density at radius 2 is 1.88 bits per heavy atom. The minimum atomic E-state index is -3.46. The van der Waals surface area contributed by atoms with E-state index in [-0.39, 0.29) is 28.9 Å².